The lowest BCUT2D eigenvalue weighted by molar-refractivity contribution is 0.0685. The molecule has 0 spiro atoms. The van der Waals surface area contributed by atoms with Crippen LogP contribution in [0.15, 0.2) is 91.0 Å². The summed E-state index contributed by atoms with van der Waals surface area (Å²) in [5.74, 6) is 0.306. The number of hydrogen-bond donors (Lipinski definition) is 0. The van der Waals surface area contributed by atoms with E-state index in [1.54, 1.807) is 21.7 Å². The molecule has 35 heavy (non-hydrogen) atoms. The third-order valence-electron chi connectivity index (χ3n) is 5.94. The van der Waals surface area contributed by atoms with Crippen molar-refractivity contribution in [3.8, 4) is 17.1 Å². The Bertz CT molecular complexity index is 1340. The van der Waals surface area contributed by atoms with Gasteiger partial charge in [0.25, 0.3) is 5.91 Å². The molecule has 0 saturated carbocycles. The van der Waals surface area contributed by atoms with Crippen molar-refractivity contribution in [2.24, 2.45) is 0 Å². The lowest BCUT2D eigenvalue weighted by atomic mass is 10.2. The molecule has 0 atom stereocenters. The fourth-order valence-electron chi connectivity index (χ4n) is 4.11. The largest absolute Gasteiger partial charge is 0.333 e. The van der Waals surface area contributed by atoms with Gasteiger partial charge in [-0.3, -0.25) is 4.79 Å². The van der Waals surface area contributed by atoms with Crippen LogP contribution in [0.3, 0.4) is 0 Å². The van der Waals surface area contributed by atoms with Crippen molar-refractivity contribution in [3.05, 3.63) is 102 Å². The Morgan fingerprint density at radius 1 is 0.771 bits per heavy atom. The number of amides is 1. The van der Waals surface area contributed by atoms with Crippen LogP contribution in [0.4, 0.5) is 0 Å². The van der Waals surface area contributed by atoms with E-state index in [9.17, 15) is 13.2 Å². The number of benzene rings is 3. The van der Waals surface area contributed by atoms with Gasteiger partial charge in [-0.25, -0.2) is 18.1 Å². The number of para-hydroxylation sites is 1. The van der Waals surface area contributed by atoms with E-state index in [2.05, 4.69) is 10.1 Å². The summed E-state index contributed by atoms with van der Waals surface area (Å²) in [6, 6.07) is 28.3. The Morgan fingerprint density at radius 3 is 1.97 bits per heavy atom. The molecule has 5 rings (SSSR count). The van der Waals surface area contributed by atoms with Crippen molar-refractivity contribution in [1.29, 1.82) is 0 Å². The summed E-state index contributed by atoms with van der Waals surface area (Å²) in [4.78, 5) is 19.5. The van der Waals surface area contributed by atoms with Gasteiger partial charge < -0.3 is 4.90 Å². The van der Waals surface area contributed by atoms with E-state index in [-0.39, 0.29) is 43.7 Å². The molecule has 4 aromatic rings. The summed E-state index contributed by atoms with van der Waals surface area (Å²) >= 11 is 0. The molecule has 1 aliphatic heterocycles. The van der Waals surface area contributed by atoms with Crippen LogP contribution in [0.25, 0.3) is 17.1 Å². The monoisotopic (exact) mass is 487 g/mol. The smallest absolute Gasteiger partial charge is 0.293 e. The normalized spacial score (nSPS) is 14.7. The minimum Gasteiger partial charge on any atom is -0.333 e. The zero-order chi connectivity index (χ0) is 24.3. The van der Waals surface area contributed by atoms with Gasteiger partial charge in [-0.2, -0.15) is 4.31 Å². The number of sulfonamides is 1. The summed E-state index contributed by atoms with van der Waals surface area (Å²) in [6.07, 6.45) is 0. The van der Waals surface area contributed by atoms with E-state index in [0.29, 0.717) is 5.82 Å². The van der Waals surface area contributed by atoms with E-state index in [1.165, 1.54) is 4.31 Å². The number of piperazine rings is 1. The van der Waals surface area contributed by atoms with E-state index in [4.69, 9.17) is 0 Å². The van der Waals surface area contributed by atoms with Crippen molar-refractivity contribution in [2.75, 3.05) is 26.2 Å². The predicted molar refractivity (Wildman–Crippen MR) is 133 cm³/mol. The quantitative estimate of drug-likeness (QED) is 0.417. The van der Waals surface area contributed by atoms with Gasteiger partial charge in [0.2, 0.25) is 15.8 Å². The lowest BCUT2D eigenvalue weighted by Gasteiger charge is -2.33. The summed E-state index contributed by atoms with van der Waals surface area (Å²) in [5, 5.41) is 4.54. The number of carbonyl (C=O) groups excluding carboxylic acids is 1. The third kappa shape index (κ3) is 5.01. The highest BCUT2D eigenvalue weighted by molar-refractivity contribution is 7.88. The van der Waals surface area contributed by atoms with Crippen molar-refractivity contribution in [1.82, 2.24) is 24.0 Å². The Kier molecular flexibility index (Phi) is 6.43. The third-order valence-corrected chi connectivity index (χ3v) is 7.79. The molecular weight excluding hydrogens is 462 g/mol. The molecule has 1 fully saturated rings. The molecule has 9 heteroatoms. The van der Waals surface area contributed by atoms with E-state index >= 15 is 0 Å². The molecule has 8 nitrogen and oxygen atoms in total. The van der Waals surface area contributed by atoms with Gasteiger partial charge in [0, 0.05) is 31.7 Å². The molecule has 2 heterocycles. The molecule has 3 aromatic carbocycles. The van der Waals surface area contributed by atoms with Gasteiger partial charge in [0.15, 0.2) is 5.82 Å². The van der Waals surface area contributed by atoms with E-state index < -0.39 is 10.0 Å². The molecule has 0 bridgehead atoms. The first-order chi connectivity index (χ1) is 17.0. The van der Waals surface area contributed by atoms with Crippen LogP contribution >= 0.6 is 0 Å². The van der Waals surface area contributed by atoms with Gasteiger partial charge in [-0.1, -0.05) is 78.9 Å². The summed E-state index contributed by atoms with van der Waals surface area (Å²) < 4.78 is 28.8. The molecule has 1 aromatic heterocycles. The zero-order valence-corrected chi connectivity index (χ0v) is 19.9. The second-order valence-electron chi connectivity index (χ2n) is 8.31. The topological polar surface area (TPSA) is 88.4 Å². The number of hydrogen-bond acceptors (Lipinski definition) is 5. The fourth-order valence-corrected chi connectivity index (χ4v) is 5.63. The number of nitrogens with zero attached hydrogens (tertiary/aromatic N) is 5. The SMILES string of the molecule is O=C(c1nc(-c2ccccc2)n(-c2ccccc2)n1)N1CCN(S(=O)(=O)Cc2ccccc2)CC1. The highest BCUT2D eigenvalue weighted by atomic mass is 32.2. The van der Waals surface area contributed by atoms with Crippen molar-refractivity contribution >= 4 is 15.9 Å². The second kappa shape index (κ2) is 9.81. The summed E-state index contributed by atoms with van der Waals surface area (Å²) in [5.41, 5.74) is 2.39. The Labute approximate surface area is 204 Å². The van der Waals surface area contributed by atoms with Gasteiger partial charge in [0.1, 0.15) is 0 Å². The van der Waals surface area contributed by atoms with Crippen LogP contribution in [0.2, 0.25) is 0 Å². The average molecular weight is 488 g/mol. The molecule has 0 unspecified atom stereocenters. The minimum atomic E-state index is -3.46. The molecule has 1 saturated heterocycles. The van der Waals surface area contributed by atoms with E-state index in [1.807, 2.05) is 78.9 Å². The van der Waals surface area contributed by atoms with Gasteiger partial charge >= 0.3 is 0 Å². The molecular formula is C26H25N5O3S. The summed E-state index contributed by atoms with van der Waals surface area (Å²) in [7, 11) is -3.46. The van der Waals surface area contributed by atoms with Gasteiger partial charge in [0.05, 0.1) is 11.4 Å². The number of carbonyl (C=O) groups is 1. The Morgan fingerprint density at radius 2 is 1.34 bits per heavy atom. The Balaban J connectivity index is 1.34. The Hall–Kier alpha value is -3.82. The van der Waals surface area contributed by atoms with Gasteiger partial charge in [-0.05, 0) is 17.7 Å². The van der Waals surface area contributed by atoms with Crippen molar-refractivity contribution < 1.29 is 13.2 Å². The van der Waals surface area contributed by atoms with Crippen LogP contribution < -0.4 is 0 Å². The molecule has 0 aliphatic carbocycles. The van der Waals surface area contributed by atoms with Crippen molar-refractivity contribution in [3.63, 3.8) is 0 Å². The first kappa shape index (κ1) is 22.9. The highest BCUT2D eigenvalue weighted by Gasteiger charge is 2.31. The lowest BCUT2D eigenvalue weighted by Crippen LogP contribution is -2.51. The fraction of sp³-hybridized carbons (Fsp3) is 0.192. The standard InChI is InChI=1S/C26H25N5O3S/c32-26(29-16-18-30(19-17-29)35(33,34)20-21-10-4-1-5-11-21)24-27-25(22-12-6-2-7-13-22)31(28-24)23-14-8-3-9-15-23/h1-15H,16-20H2. The maximum absolute atomic E-state index is 13.3. The molecule has 0 radical (unpaired) electrons. The molecule has 0 N–H and O–H groups in total. The van der Waals surface area contributed by atoms with Gasteiger partial charge in [-0.15, -0.1) is 5.10 Å². The number of aromatic nitrogens is 3. The van der Waals surface area contributed by atoms with Crippen LogP contribution in [-0.4, -0.2) is 64.5 Å². The predicted octanol–water partition coefficient (Wildman–Crippen LogP) is 3.22. The maximum atomic E-state index is 13.3. The minimum absolute atomic E-state index is 0.0503. The summed E-state index contributed by atoms with van der Waals surface area (Å²) in [6.45, 7) is 1.05. The van der Waals surface area contributed by atoms with Crippen LogP contribution in [0.1, 0.15) is 16.2 Å². The molecule has 1 amide bonds. The highest BCUT2D eigenvalue weighted by Crippen LogP contribution is 2.22. The first-order valence-electron chi connectivity index (χ1n) is 11.4. The van der Waals surface area contributed by atoms with Crippen LogP contribution in [0.5, 0.6) is 0 Å². The maximum Gasteiger partial charge on any atom is 0.293 e. The average Bonchev–Trinajstić information content (AvgIpc) is 3.35. The number of rotatable bonds is 6. The van der Waals surface area contributed by atoms with Crippen LogP contribution in [0, 0.1) is 0 Å². The molecule has 1 aliphatic rings. The van der Waals surface area contributed by atoms with Crippen molar-refractivity contribution in [2.45, 2.75) is 5.75 Å². The first-order valence-corrected chi connectivity index (χ1v) is 13.0. The van der Waals surface area contributed by atoms with E-state index in [0.717, 1.165) is 16.8 Å². The second-order valence-corrected chi connectivity index (χ2v) is 10.3. The zero-order valence-electron chi connectivity index (χ0n) is 19.1. The van der Waals surface area contributed by atoms with Crippen LogP contribution in [-0.2, 0) is 15.8 Å². The molecule has 178 valence electrons.